The first kappa shape index (κ1) is 17.5. The molecule has 126 valence electrons. The van der Waals surface area contributed by atoms with Crippen molar-refractivity contribution in [2.24, 2.45) is 0 Å². The van der Waals surface area contributed by atoms with Crippen LogP contribution in [0.5, 0.6) is 0 Å². The van der Waals surface area contributed by atoms with E-state index in [1.165, 1.54) is 11.8 Å². The topological polar surface area (TPSA) is 75.6 Å². The van der Waals surface area contributed by atoms with Crippen molar-refractivity contribution in [1.29, 1.82) is 5.26 Å². The Balaban J connectivity index is 1.73. The Morgan fingerprint density at radius 3 is 2.68 bits per heavy atom. The molecule has 0 atom stereocenters. The van der Waals surface area contributed by atoms with Crippen LogP contribution in [-0.2, 0) is 12.2 Å². The number of pyridine rings is 1. The number of halogens is 1. The van der Waals surface area contributed by atoms with Crippen LogP contribution in [0.25, 0.3) is 11.5 Å². The largest absolute Gasteiger partial charge is 0.420 e. The fourth-order valence-corrected chi connectivity index (χ4v) is 3.17. The average Bonchev–Trinajstić information content (AvgIpc) is 3.10. The van der Waals surface area contributed by atoms with Crippen LogP contribution in [0.1, 0.15) is 30.5 Å². The summed E-state index contributed by atoms with van der Waals surface area (Å²) in [4.78, 5) is 4.56. The van der Waals surface area contributed by atoms with E-state index >= 15 is 0 Å². The van der Waals surface area contributed by atoms with Crippen molar-refractivity contribution in [3.63, 3.8) is 0 Å². The van der Waals surface area contributed by atoms with Crippen molar-refractivity contribution < 1.29 is 4.42 Å². The van der Waals surface area contributed by atoms with Gasteiger partial charge in [0, 0.05) is 16.3 Å². The van der Waals surface area contributed by atoms with Gasteiger partial charge in [-0.25, -0.2) is 4.98 Å². The van der Waals surface area contributed by atoms with Crippen molar-refractivity contribution in [1.82, 2.24) is 15.2 Å². The molecular weight excluding hydrogens is 356 g/mol. The highest BCUT2D eigenvalue weighted by Gasteiger charge is 2.12. The second-order valence-corrected chi connectivity index (χ2v) is 6.71. The lowest BCUT2D eigenvalue weighted by atomic mass is 10.2. The summed E-state index contributed by atoms with van der Waals surface area (Å²) >= 11 is 7.31. The summed E-state index contributed by atoms with van der Waals surface area (Å²) in [5.74, 6) is 1.39. The van der Waals surface area contributed by atoms with Gasteiger partial charge in [0.1, 0.15) is 11.1 Å². The first-order valence-corrected chi connectivity index (χ1v) is 9.17. The van der Waals surface area contributed by atoms with Gasteiger partial charge in [0.25, 0.3) is 0 Å². The minimum absolute atomic E-state index is 0.445. The lowest BCUT2D eigenvalue weighted by Crippen LogP contribution is -1.94. The number of aromatic nitrogens is 3. The van der Waals surface area contributed by atoms with Crippen molar-refractivity contribution >= 4 is 23.4 Å². The molecule has 0 unspecified atom stereocenters. The van der Waals surface area contributed by atoms with Gasteiger partial charge in [0.2, 0.25) is 11.8 Å². The SMILES string of the molecule is CCCc1ccc(C#N)c(SCc2nnc(-c3ccc(Cl)cc3)o2)n1. The molecule has 0 aliphatic rings. The molecule has 2 heterocycles. The van der Waals surface area contributed by atoms with Gasteiger partial charge >= 0.3 is 0 Å². The van der Waals surface area contributed by atoms with Crippen molar-refractivity contribution in [3.05, 3.63) is 58.6 Å². The van der Waals surface area contributed by atoms with Gasteiger partial charge in [-0.1, -0.05) is 36.7 Å². The molecule has 0 aliphatic heterocycles. The number of nitrogens with zero attached hydrogens (tertiary/aromatic N) is 4. The highest BCUT2D eigenvalue weighted by atomic mass is 35.5. The molecular formula is C18H15ClN4OS. The average molecular weight is 371 g/mol. The standard InChI is InChI=1S/C18H15ClN4OS/c1-2-3-15-9-6-13(10-20)18(21-15)25-11-16-22-23-17(24-16)12-4-7-14(19)8-5-12/h4-9H,2-3,11H2,1H3. The quantitative estimate of drug-likeness (QED) is 0.574. The Morgan fingerprint density at radius 2 is 1.96 bits per heavy atom. The predicted octanol–water partition coefficient (Wildman–Crippen LogP) is 4.90. The maximum absolute atomic E-state index is 9.25. The van der Waals surface area contributed by atoms with E-state index in [2.05, 4.69) is 28.2 Å². The number of hydrogen-bond donors (Lipinski definition) is 0. The highest BCUT2D eigenvalue weighted by Crippen LogP contribution is 2.26. The van der Waals surface area contributed by atoms with Crippen LogP contribution in [0.15, 0.2) is 45.8 Å². The summed E-state index contributed by atoms with van der Waals surface area (Å²) in [5, 5.41) is 18.7. The van der Waals surface area contributed by atoms with E-state index in [9.17, 15) is 5.26 Å². The zero-order valence-corrected chi connectivity index (χ0v) is 15.1. The number of benzene rings is 1. The number of hydrogen-bond acceptors (Lipinski definition) is 6. The number of aryl methyl sites for hydroxylation is 1. The third-order valence-corrected chi connectivity index (χ3v) is 4.66. The summed E-state index contributed by atoms with van der Waals surface area (Å²) in [6.45, 7) is 2.10. The van der Waals surface area contributed by atoms with Gasteiger partial charge in [-0.2, -0.15) is 5.26 Å². The first-order chi connectivity index (χ1) is 12.2. The van der Waals surface area contributed by atoms with E-state index in [0.717, 1.165) is 24.1 Å². The summed E-state index contributed by atoms with van der Waals surface area (Å²) < 4.78 is 5.69. The van der Waals surface area contributed by atoms with Crippen molar-refractivity contribution in [2.75, 3.05) is 0 Å². The predicted molar refractivity (Wildman–Crippen MR) is 97.3 cm³/mol. The number of rotatable bonds is 6. The zero-order valence-electron chi connectivity index (χ0n) is 13.6. The Hall–Kier alpha value is -2.36. The van der Waals surface area contributed by atoms with Crippen LogP contribution in [-0.4, -0.2) is 15.2 Å². The number of nitriles is 1. The minimum atomic E-state index is 0.445. The van der Waals surface area contributed by atoms with Gasteiger partial charge in [-0.15, -0.1) is 10.2 Å². The van der Waals surface area contributed by atoms with E-state index in [-0.39, 0.29) is 0 Å². The Labute approximate surface area is 155 Å². The molecule has 3 rings (SSSR count). The van der Waals surface area contributed by atoms with E-state index in [1.807, 2.05) is 24.3 Å². The molecule has 1 aromatic carbocycles. The van der Waals surface area contributed by atoms with E-state index in [4.69, 9.17) is 16.0 Å². The molecule has 3 aromatic rings. The van der Waals surface area contributed by atoms with Gasteiger partial charge in [0.05, 0.1) is 11.3 Å². The molecule has 0 saturated carbocycles. The third kappa shape index (κ3) is 4.38. The van der Waals surface area contributed by atoms with Gasteiger partial charge in [0.15, 0.2) is 0 Å². The second-order valence-electron chi connectivity index (χ2n) is 5.31. The van der Waals surface area contributed by atoms with Crippen LogP contribution in [0.3, 0.4) is 0 Å². The monoisotopic (exact) mass is 370 g/mol. The third-order valence-electron chi connectivity index (χ3n) is 3.43. The lowest BCUT2D eigenvalue weighted by Gasteiger charge is -2.04. The second kappa shape index (κ2) is 8.15. The molecule has 2 aromatic heterocycles. The van der Waals surface area contributed by atoms with Crippen LogP contribution in [0, 0.1) is 11.3 Å². The van der Waals surface area contributed by atoms with Gasteiger partial charge in [-0.05, 0) is 42.8 Å². The molecule has 0 amide bonds. The smallest absolute Gasteiger partial charge is 0.247 e. The van der Waals surface area contributed by atoms with Gasteiger partial charge in [-0.3, -0.25) is 0 Å². The lowest BCUT2D eigenvalue weighted by molar-refractivity contribution is 0.528. The summed E-state index contributed by atoms with van der Waals surface area (Å²) in [5.41, 5.74) is 2.35. The van der Waals surface area contributed by atoms with Crippen molar-refractivity contribution in [2.45, 2.75) is 30.5 Å². The fraction of sp³-hybridized carbons (Fsp3) is 0.222. The maximum Gasteiger partial charge on any atom is 0.247 e. The first-order valence-electron chi connectivity index (χ1n) is 7.80. The Bertz CT molecular complexity index is 902. The normalized spacial score (nSPS) is 10.6. The number of thioether (sulfide) groups is 1. The maximum atomic E-state index is 9.25. The van der Waals surface area contributed by atoms with Crippen LogP contribution < -0.4 is 0 Å². The summed E-state index contributed by atoms with van der Waals surface area (Å²) in [6, 6.07) is 13.1. The van der Waals surface area contributed by atoms with Crippen LogP contribution in [0.4, 0.5) is 0 Å². The van der Waals surface area contributed by atoms with Gasteiger partial charge < -0.3 is 4.42 Å². The molecule has 0 radical (unpaired) electrons. The minimum Gasteiger partial charge on any atom is -0.420 e. The Kier molecular flexibility index (Phi) is 5.69. The van der Waals surface area contributed by atoms with Crippen LogP contribution in [0.2, 0.25) is 5.02 Å². The molecule has 0 saturated heterocycles. The van der Waals surface area contributed by atoms with E-state index in [0.29, 0.717) is 33.1 Å². The summed E-state index contributed by atoms with van der Waals surface area (Å²) in [7, 11) is 0. The fourth-order valence-electron chi connectivity index (χ4n) is 2.22. The van der Waals surface area contributed by atoms with Crippen molar-refractivity contribution in [3.8, 4) is 17.5 Å². The molecule has 7 heteroatoms. The molecule has 0 bridgehead atoms. The zero-order chi connectivity index (χ0) is 17.6. The van der Waals surface area contributed by atoms with Crippen LogP contribution >= 0.6 is 23.4 Å². The van der Waals surface area contributed by atoms with E-state index < -0.39 is 0 Å². The highest BCUT2D eigenvalue weighted by molar-refractivity contribution is 7.98. The molecule has 5 nitrogen and oxygen atoms in total. The molecule has 25 heavy (non-hydrogen) atoms. The Morgan fingerprint density at radius 1 is 1.16 bits per heavy atom. The van der Waals surface area contributed by atoms with E-state index in [1.54, 1.807) is 12.1 Å². The molecule has 0 N–H and O–H groups in total. The molecule has 0 spiro atoms. The summed E-state index contributed by atoms with van der Waals surface area (Å²) in [6.07, 6.45) is 1.90. The molecule has 0 fully saturated rings. The molecule has 0 aliphatic carbocycles.